The van der Waals surface area contributed by atoms with E-state index in [1.807, 2.05) is 16.7 Å². The van der Waals surface area contributed by atoms with Gasteiger partial charge in [0.25, 0.3) is 0 Å². The predicted octanol–water partition coefficient (Wildman–Crippen LogP) is 2.26. The molecule has 1 aromatic carbocycles. The minimum Gasteiger partial charge on any atom is -0.489 e. The number of rotatable bonds is 3. The molecule has 0 atom stereocenters. The van der Waals surface area contributed by atoms with Gasteiger partial charge in [-0.3, -0.25) is 4.79 Å². The van der Waals surface area contributed by atoms with E-state index in [0.29, 0.717) is 19.3 Å². The molecule has 0 saturated heterocycles. The Morgan fingerprint density at radius 2 is 1.91 bits per heavy atom. The lowest BCUT2D eigenvalue weighted by atomic mass is 10.2. The number of fused-ring (bicyclic) bond motifs is 2. The van der Waals surface area contributed by atoms with E-state index in [1.165, 1.54) is 12.8 Å². The lowest BCUT2D eigenvalue weighted by molar-refractivity contribution is -0.122. The molecule has 2 heterocycles. The zero-order valence-electron chi connectivity index (χ0n) is 13.1. The molecular weight excluding hydrogens is 294 g/mol. The highest BCUT2D eigenvalue weighted by molar-refractivity contribution is 5.83. The highest BCUT2D eigenvalue weighted by Crippen LogP contribution is 2.33. The molecule has 1 aliphatic carbocycles. The van der Waals surface area contributed by atoms with Crippen LogP contribution >= 0.6 is 0 Å². The number of benzene rings is 1. The van der Waals surface area contributed by atoms with Gasteiger partial charge in [-0.15, -0.1) is 0 Å². The summed E-state index contributed by atoms with van der Waals surface area (Å²) in [5.41, 5.74) is 1.72. The zero-order valence-corrected chi connectivity index (χ0v) is 13.1. The van der Waals surface area contributed by atoms with E-state index in [4.69, 9.17) is 9.47 Å². The highest BCUT2D eigenvalue weighted by Gasteiger charge is 2.19. The van der Waals surface area contributed by atoms with Gasteiger partial charge in [-0.2, -0.15) is 0 Å². The number of imidazole rings is 1. The fourth-order valence-corrected chi connectivity index (χ4v) is 3.34. The van der Waals surface area contributed by atoms with E-state index in [2.05, 4.69) is 10.3 Å². The van der Waals surface area contributed by atoms with Crippen LogP contribution in [0.3, 0.4) is 0 Å². The van der Waals surface area contributed by atoms with Crippen molar-refractivity contribution in [3.05, 3.63) is 18.5 Å². The Bertz CT molecular complexity index is 719. The fourth-order valence-electron chi connectivity index (χ4n) is 3.34. The van der Waals surface area contributed by atoms with E-state index < -0.39 is 0 Å². The van der Waals surface area contributed by atoms with Gasteiger partial charge in [0.15, 0.2) is 11.5 Å². The third-order valence-corrected chi connectivity index (χ3v) is 4.52. The Kier molecular flexibility index (Phi) is 3.81. The molecule has 0 bridgehead atoms. The maximum atomic E-state index is 12.2. The fraction of sp³-hybridized carbons (Fsp3) is 0.529. The summed E-state index contributed by atoms with van der Waals surface area (Å²) < 4.78 is 13.3. The number of nitrogens with zero attached hydrogens (tertiary/aromatic N) is 2. The van der Waals surface area contributed by atoms with Crippen LogP contribution in [0.5, 0.6) is 11.5 Å². The lowest BCUT2D eigenvalue weighted by Crippen LogP contribution is -2.35. The SMILES string of the molecule is O=C(Cn1cnc2cc3c(cc21)OCCCO3)NC1CCCC1. The third kappa shape index (κ3) is 2.98. The van der Waals surface area contributed by atoms with Crippen LogP contribution in [0.1, 0.15) is 32.1 Å². The molecule has 23 heavy (non-hydrogen) atoms. The molecule has 0 radical (unpaired) electrons. The van der Waals surface area contributed by atoms with Crippen molar-refractivity contribution < 1.29 is 14.3 Å². The normalized spacial score (nSPS) is 18.1. The largest absolute Gasteiger partial charge is 0.489 e. The van der Waals surface area contributed by atoms with E-state index in [1.54, 1.807) is 6.33 Å². The standard InChI is InChI=1S/C17H21N3O3/c21-17(19-12-4-1-2-5-12)10-20-11-18-13-8-15-16(9-14(13)20)23-7-3-6-22-15/h8-9,11-12H,1-7,10H2,(H,19,21). The van der Waals surface area contributed by atoms with Gasteiger partial charge in [0, 0.05) is 24.6 Å². The van der Waals surface area contributed by atoms with Crippen molar-refractivity contribution in [2.24, 2.45) is 0 Å². The van der Waals surface area contributed by atoms with Crippen molar-refractivity contribution in [1.82, 2.24) is 14.9 Å². The Morgan fingerprint density at radius 3 is 2.70 bits per heavy atom. The molecule has 6 nitrogen and oxygen atoms in total. The minimum atomic E-state index is 0.0447. The molecule has 0 unspecified atom stereocenters. The second-order valence-corrected chi connectivity index (χ2v) is 6.26. The third-order valence-electron chi connectivity index (χ3n) is 4.52. The first-order chi connectivity index (χ1) is 11.3. The Morgan fingerprint density at radius 1 is 1.17 bits per heavy atom. The number of carbonyl (C=O) groups is 1. The van der Waals surface area contributed by atoms with Crippen LogP contribution in [0, 0.1) is 0 Å². The van der Waals surface area contributed by atoms with Crippen LogP contribution in [0.4, 0.5) is 0 Å². The molecule has 2 aliphatic rings. The van der Waals surface area contributed by atoms with Crippen molar-refractivity contribution in [2.75, 3.05) is 13.2 Å². The van der Waals surface area contributed by atoms with E-state index in [0.717, 1.165) is 41.8 Å². The van der Waals surface area contributed by atoms with Crippen LogP contribution in [0.25, 0.3) is 11.0 Å². The molecule has 1 aromatic heterocycles. The first-order valence-electron chi connectivity index (χ1n) is 8.33. The Balaban J connectivity index is 1.55. The molecule has 4 rings (SSSR count). The van der Waals surface area contributed by atoms with Crippen molar-refractivity contribution in [2.45, 2.75) is 44.7 Å². The summed E-state index contributed by atoms with van der Waals surface area (Å²) in [6, 6.07) is 4.15. The first-order valence-corrected chi connectivity index (χ1v) is 8.33. The van der Waals surface area contributed by atoms with Crippen LogP contribution < -0.4 is 14.8 Å². The quantitative estimate of drug-likeness (QED) is 0.943. The summed E-state index contributed by atoms with van der Waals surface area (Å²) in [7, 11) is 0. The second kappa shape index (κ2) is 6.10. The van der Waals surface area contributed by atoms with Gasteiger partial charge in [0.2, 0.25) is 5.91 Å². The molecule has 1 saturated carbocycles. The number of aromatic nitrogens is 2. The van der Waals surface area contributed by atoms with Crippen LogP contribution in [0.2, 0.25) is 0 Å². The predicted molar refractivity (Wildman–Crippen MR) is 85.7 cm³/mol. The van der Waals surface area contributed by atoms with E-state index in [-0.39, 0.29) is 12.5 Å². The number of nitrogens with one attached hydrogen (secondary N) is 1. The van der Waals surface area contributed by atoms with Gasteiger partial charge in [-0.1, -0.05) is 12.8 Å². The molecule has 1 aliphatic heterocycles. The maximum Gasteiger partial charge on any atom is 0.240 e. The van der Waals surface area contributed by atoms with Crippen LogP contribution in [-0.4, -0.2) is 34.7 Å². The summed E-state index contributed by atoms with van der Waals surface area (Å²) in [6.07, 6.45) is 7.18. The molecule has 1 amide bonds. The second-order valence-electron chi connectivity index (χ2n) is 6.26. The van der Waals surface area contributed by atoms with Gasteiger partial charge in [-0.05, 0) is 12.8 Å². The molecule has 122 valence electrons. The summed E-state index contributed by atoms with van der Waals surface area (Å²) >= 11 is 0. The molecule has 0 spiro atoms. The number of ether oxygens (including phenoxy) is 2. The summed E-state index contributed by atoms with van der Waals surface area (Å²) in [5.74, 6) is 1.51. The van der Waals surface area contributed by atoms with E-state index >= 15 is 0 Å². The van der Waals surface area contributed by atoms with E-state index in [9.17, 15) is 4.79 Å². The van der Waals surface area contributed by atoms with Gasteiger partial charge in [0.05, 0.1) is 30.6 Å². The van der Waals surface area contributed by atoms with Gasteiger partial charge >= 0.3 is 0 Å². The average molecular weight is 315 g/mol. The molecule has 1 N–H and O–H groups in total. The monoisotopic (exact) mass is 315 g/mol. The lowest BCUT2D eigenvalue weighted by Gasteiger charge is -2.13. The summed E-state index contributed by atoms with van der Waals surface area (Å²) in [5, 5.41) is 3.11. The van der Waals surface area contributed by atoms with Crippen molar-refractivity contribution in [3.8, 4) is 11.5 Å². The maximum absolute atomic E-state index is 12.2. The van der Waals surface area contributed by atoms with Crippen molar-refractivity contribution >= 4 is 16.9 Å². The van der Waals surface area contributed by atoms with Gasteiger partial charge in [0.1, 0.15) is 6.54 Å². The summed E-state index contributed by atoms with van der Waals surface area (Å²) in [4.78, 5) is 16.6. The molecule has 6 heteroatoms. The molecule has 1 fully saturated rings. The molecule has 2 aromatic rings. The van der Waals surface area contributed by atoms with Crippen molar-refractivity contribution in [1.29, 1.82) is 0 Å². The number of carbonyl (C=O) groups excluding carboxylic acids is 1. The van der Waals surface area contributed by atoms with Gasteiger partial charge in [-0.25, -0.2) is 4.98 Å². The Hall–Kier alpha value is -2.24. The van der Waals surface area contributed by atoms with Gasteiger partial charge < -0.3 is 19.4 Å². The number of hydrogen-bond donors (Lipinski definition) is 1. The average Bonchev–Trinajstić information content (AvgIpc) is 3.11. The van der Waals surface area contributed by atoms with Crippen LogP contribution in [-0.2, 0) is 11.3 Å². The minimum absolute atomic E-state index is 0.0447. The van der Waals surface area contributed by atoms with Crippen molar-refractivity contribution in [3.63, 3.8) is 0 Å². The Labute approximate surface area is 134 Å². The highest BCUT2D eigenvalue weighted by atomic mass is 16.5. The van der Waals surface area contributed by atoms with Crippen LogP contribution in [0.15, 0.2) is 18.5 Å². The summed E-state index contributed by atoms with van der Waals surface area (Å²) in [6.45, 7) is 1.59. The first kappa shape index (κ1) is 14.4. The zero-order chi connectivity index (χ0) is 15.6. The molecular formula is C17H21N3O3. The number of amides is 1. The smallest absolute Gasteiger partial charge is 0.240 e. The number of hydrogen-bond acceptors (Lipinski definition) is 4. The topological polar surface area (TPSA) is 65.4 Å².